The van der Waals surface area contributed by atoms with Gasteiger partial charge in [0.25, 0.3) is 11.7 Å². The van der Waals surface area contributed by atoms with Crippen molar-refractivity contribution in [1.29, 1.82) is 0 Å². The van der Waals surface area contributed by atoms with Crippen LogP contribution in [0, 0.1) is 0 Å². The number of aliphatic hydroxyl groups is 1. The number of likely N-dealkylation sites (tertiary alicyclic amines) is 1. The molecular weight excluding hydrogens is 372 g/mol. The largest absolute Gasteiger partial charge is 0.507 e. The number of nitrogens with zero attached hydrogens (tertiary/aromatic N) is 2. The standard InChI is InChI=1S/C22H22N2O5/c1-2-3-4-11-24-19(14-7-9-23-10-8-14)18(21(26)22(24)27)20(25)15-5-6-16-17(12-15)29-13-28-16/h5-10,12,19,25H,2-4,11,13H2,1H3/b20-18-. The zero-order valence-electron chi connectivity index (χ0n) is 16.1. The van der Waals surface area contributed by atoms with Crippen LogP contribution in [0.15, 0.2) is 48.3 Å². The number of pyridine rings is 1. The van der Waals surface area contributed by atoms with Crippen molar-refractivity contribution >= 4 is 17.4 Å². The molecule has 0 bridgehead atoms. The van der Waals surface area contributed by atoms with Gasteiger partial charge in [-0.3, -0.25) is 14.6 Å². The van der Waals surface area contributed by atoms with Crippen molar-refractivity contribution in [3.8, 4) is 11.5 Å². The van der Waals surface area contributed by atoms with Crippen molar-refractivity contribution < 1.29 is 24.2 Å². The van der Waals surface area contributed by atoms with E-state index in [0.717, 1.165) is 24.8 Å². The summed E-state index contributed by atoms with van der Waals surface area (Å²) in [6.07, 6.45) is 5.97. The molecule has 3 heterocycles. The molecule has 29 heavy (non-hydrogen) atoms. The van der Waals surface area contributed by atoms with Crippen LogP contribution in [0.1, 0.15) is 43.4 Å². The maximum Gasteiger partial charge on any atom is 0.295 e. The molecule has 1 aromatic heterocycles. The van der Waals surface area contributed by atoms with E-state index >= 15 is 0 Å². The molecule has 1 saturated heterocycles. The third kappa shape index (κ3) is 3.44. The van der Waals surface area contributed by atoms with Gasteiger partial charge in [-0.25, -0.2) is 0 Å². The fraction of sp³-hybridized carbons (Fsp3) is 0.318. The van der Waals surface area contributed by atoms with Gasteiger partial charge in [-0.1, -0.05) is 19.8 Å². The zero-order valence-corrected chi connectivity index (χ0v) is 16.1. The van der Waals surface area contributed by atoms with Crippen molar-refractivity contribution in [3.63, 3.8) is 0 Å². The van der Waals surface area contributed by atoms with Crippen LogP contribution in [0.2, 0.25) is 0 Å². The molecule has 0 aliphatic carbocycles. The van der Waals surface area contributed by atoms with Gasteiger partial charge < -0.3 is 19.5 Å². The molecule has 1 atom stereocenters. The van der Waals surface area contributed by atoms with Crippen molar-refractivity contribution in [3.05, 3.63) is 59.4 Å². The molecule has 1 unspecified atom stereocenters. The van der Waals surface area contributed by atoms with E-state index in [9.17, 15) is 14.7 Å². The molecule has 150 valence electrons. The molecule has 2 aliphatic rings. The van der Waals surface area contributed by atoms with Gasteiger partial charge in [0.15, 0.2) is 11.5 Å². The van der Waals surface area contributed by atoms with Crippen molar-refractivity contribution in [1.82, 2.24) is 9.88 Å². The molecule has 1 aromatic carbocycles. The molecule has 0 spiro atoms. The number of carbonyl (C=O) groups is 2. The van der Waals surface area contributed by atoms with Crippen LogP contribution in [-0.4, -0.2) is 40.0 Å². The number of aromatic nitrogens is 1. The van der Waals surface area contributed by atoms with Crippen LogP contribution < -0.4 is 9.47 Å². The summed E-state index contributed by atoms with van der Waals surface area (Å²) in [7, 11) is 0. The van der Waals surface area contributed by atoms with E-state index in [2.05, 4.69) is 11.9 Å². The lowest BCUT2D eigenvalue weighted by atomic mass is 9.95. The molecule has 2 aromatic rings. The third-order valence-corrected chi connectivity index (χ3v) is 5.21. The molecule has 0 saturated carbocycles. The lowest BCUT2D eigenvalue weighted by Gasteiger charge is -2.25. The fourth-order valence-electron chi connectivity index (χ4n) is 3.73. The molecule has 4 rings (SSSR count). The van der Waals surface area contributed by atoms with Crippen LogP contribution in [0.5, 0.6) is 11.5 Å². The number of Topliss-reactive ketones (excluding diaryl/α,β-unsaturated/α-hetero) is 1. The number of ether oxygens (including phenoxy) is 2. The zero-order chi connectivity index (χ0) is 20.4. The predicted octanol–water partition coefficient (Wildman–Crippen LogP) is 3.42. The van der Waals surface area contributed by atoms with Gasteiger partial charge in [-0.05, 0) is 42.3 Å². The highest BCUT2D eigenvalue weighted by Crippen LogP contribution is 2.41. The lowest BCUT2D eigenvalue weighted by molar-refractivity contribution is -0.139. The summed E-state index contributed by atoms with van der Waals surface area (Å²) in [5, 5.41) is 11.0. The average molecular weight is 394 g/mol. The van der Waals surface area contributed by atoms with Crippen LogP contribution in [0.25, 0.3) is 5.76 Å². The van der Waals surface area contributed by atoms with Gasteiger partial charge in [0.05, 0.1) is 11.6 Å². The highest BCUT2D eigenvalue weighted by molar-refractivity contribution is 6.46. The predicted molar refractivity (Wildman–Crippen MR) is 105 cm³/mol. The number of aliphatic hydroxyl groups excluding tert-OH is 1. The van der Waals surface area contributed by atoms with E-state index in [1.54, 1.807) is 47.6 Å². The summed E-state index contributed by atoms with van der Waals surface area (Å²) in [5.74, 6) is -0.427. The Morgan fingerprint density at radius 3 is 2.66 bits per heavy atom. The van der Waals surface area contributed by atoms with Crippen molar-refractivity contribution in [2.75, 3.05) is 13.3 Å². The van der Waals surface area contributed by atoms with Crippen LogP contribution in [-0.2, 0) is 9.59 Å². The molecule has 1 N–H and O–H groups in total. The second-order valence-corrected chi connectivity index (χ2v) is 7.05. The van der Waals surface area contributed by atoms with Crippen LogP contribution in [0.4, 0.5) is 0 Å². The second kappa shape index (κ2) is 7.95. The number of ketones is 1. The van der Waals surface area contributed by atoms with E-state index in [1.807, 2.05) is 0 Å². The maximum absolute atomic E-state index is 12.9. The first-order valence-corrected chi connectivity index (χ1v) is 9.70. The maximum atomic E-state index is 12.9. The minimum Gasteiger partial charge on any atom is -0.507 e. The van der Waals surface area contributed by atoms with E-state index < -0.39 is 17.7 Å². The fourth-order valence-corrected chi connectivity index (χ4v) is 3.73. The van der Waals surface area contributed by atoms with E-state index in [4.69, 9.17) is 9.47 Å². The first-order valence-electron chi connectivity index (χ1n) is 9.70. The number of amides is 1. The average Bonchev–Trinajstić information content (AvgIpc) is 3.31. The topological polar surface area (TPSA) is 89.0 Å². The molecule has 7 heteroatoms. The number of hydrogen-bond donors (Lipinski definition) is 1. The summed E-state index contributed by atoms with van der Waals surface area (Å²) >= 11 is 0. The van der Waals surface area contributed by atoms with Gasteiger partial charge in [0, 0.05) is 24.5 Å². The number of benzene rings is 1. The first-order chi connectivity index (χ1) is 14.1. The summed E-state index contributed by atoms with van der Waals surface area (Å²) in [6.45, 7) is 2.63. The molecular formula is C22H22N2O5. The Balaban J connectivity index is 1.79. The van der Waals surface area contributed by atoms with Crippen LogP contribution >= 0.6 is 0 Å². The second-order valence-electron chi connectivity index (χ2n) is 7.05. The quantitative estimate of drug-likeness (QED) is 0.350. The molecule has 1 fully saturated rings. The van der Waals surface area contributed by atoms with E-state index in [0.29, 0.717) is 23.6 Å². The third-order valence-electron chi connectivity index (χ3n) is 5.21. The van der Waals surface area contributed by atoms with Gasteiger partial charge >= 0.3 is 0 Å². The lowest BCUT2D eigenvalue weighted by Crippen LogP contribution is -2.30. The summed E-state index contributed by atoms with van der Waals surface area (Å²) in [5.41, 5.74) is 1.22. The highest BCUT2D eigenvalue weighted by atomic mass is 16.7. The van der Waals surface area contributed by atoms with Gasteiger partial charge in [-0.2, -0.15) is 0 Å². The first kappa shape index (κ1) is 19.0. The van der Waals surface area contributed by atoms with Crippen LogP contribution in [0.3, 0.4) is 0 Å². The highest BCUT2D eigenvalue weighted by Gasteiger charge is 2.45. The van der Waals surface area contributed by atoms with Gasteiger partial charge in [-0.15, -0.1) is 0 Å². The summed E-state index contributed by atoms with van der Waals surface area (Å²) in [6, 6.07) is 7.81. The summed E-state index contributed by atoms with van der Waals surface area (Å²) in [4.78, 5) is 31.3. The smallest absolute Gasteiger partial charge is 0.295 e. The Bertz CT molecular complexity index is 970. The van der Waals surface area contributed by atoms with E-state index in [1.165, 1.54) is 0 Å². The Labute approximate surface area is 168 Å². The normalized spacial score (nSPS) is 19.8. The molecule has 2 aliphatic heterocycles. The molecule has 7 nitrogen and oxygen atoms in total. The van der Waals surface area contributed by atoms with Crippen molar-refractivity contribution in [2.24, 2.45) is 0 Å². The Morgan fingerprint density at radius 2 is 1.90 bits per heavy atom. The minimum absolute atomic E-state index is 0.0802. The molecule has 0 radical (unpaired) electrons. The number of carbonyl (C=O) groups excluding carboxylic acids is 2. The monoisotopic (exact) mass is 394 g/mol. The summed E-state index contributed by atoms with van der Waals surface area (Å²) < 4.78 is 10.7. The van der Waals surface area contributed by atoms with Crippen molar-refractivity contribution in [2.45, 2.75) is 32.2 Å². The number of fused-ring (bicyclic) bond motifs is 1. The number of unbranched alkanes of at least 4 members (excludes halogenated alkanes) is 2. The number of rotatable bonds is 6. The Morgan fingerprint density at radius 1 is 1.14 bits per heavy atom. The minimum atomic E-state index is -0.682. The van der Waals surface area contributed by atoms with E-state index in [-0.39, 0.29) is 18.1 Å². The van der Waals surface area contributed by atoms with Gasteiger partial charge in [0.1, 0.15) is 5.76 Å². The Hall–Kier alpha value is -3.35. The SMILES string of the molecule is CCCCCN1C(=O)C(=O)/C(=C(\O)c2ccc3c(c2)OCO3)C1c1ccncc1. The number of hydrogen-bond acceptors (Lipinski definition) is 6. The molecule has 1 amide bonds. The Kier molecular flexibility index (Phi) is 5.20. The van der Waals surface area contributed by atoms with Gasteiger partial charge in [0.2, 0.25) is 6.79 Å².